The van der Waals surface area contributed by atoms with Crippen LogP contribution in [-0.4, -0.2) is 45.7 Å². The van der Waals surface area contributed by atoms with Gasteiger partial charge >= 0.3 is 0 Å². The Morgan fingerprint density at radius 1 is 1.03 bits per heavy atom. The van der Waals surface area contributed by atoms with Gasteiger partial charge in [-0.3, -0.25) is 9.59 Å². The number of nitrogens with one attached hydrogen (secondary N) is 1. The molecule has 3 aromatic rings. The number of aromatic nitrogens is 1. The molecule has 0 aliphatic heterocycles. The van der Waals surface area contributed by atoms with Gasteiger partial charge < -0.3 is 14.8 Å². The fourth-order valence-corrected chi connectivity index (χ4v) is 4.87. The number of H-pyrrole nitrogens is 1. The number of hydrogen-bond acceptors (Lipinski definition) is 2. The van der Waals surface area contributed by atoms with E-state index >= 15 is 0 Å². The minimum absolute atomic E-state index is 0.00332. The Hall–Kier alpha value is -3.08. The highest BCUT2D eigenvalue weighted by molar-refractivity contribution is 5.87. The molecule has 192 valence electrons. The summed E-state index contributed by atoms with van der Waals surface area (Å²) in [5.41, 5.74) is 4.79. The van der Waals surface area contributed by atoms with E-state index in [0.717, 1.165) is 36.8 Å². The standard InChI is InChI=1S/C31H41N3O2/c1-22(2)34(30(36)24-9-8-10-24)21-29(35)33(20-23-13-15-26(16-14-23)31(3,4)5)18-17-25-19-32-28-12-7-6-11-27(25)28/h6-7,11-16,19,22,24,32H,8-10,17-18,20-21H2,1-5H3. The third-order valence-electron chi connectivity index (χ3n) is 7.54. The van der Waals surface area contributed by atoms with Crippen molar-refractivity contribution in [1.82, 2.24) is 14.8 Å². The molecular weight excluding hydrogens is 446 g/mol. The number of aromatic amines is 1. The average molecular weight is 488 g/mol. The Morgan fingerprint density at radius 2 is 1.72 bits per heavy atom. The number of benzene rings is 2. The number of fused-ring (bicyclic) bond motifs is 1. The van der Waals surface area contributed by atoms with E-state index in [2.05, 4.69) is 62.2 Å². The molecule has 36 heavy (non-hydrogen) atoms. The third-order valence-corrected chi connectivity index (χ3v) is 7.54. The monoisotopic (exact) mass is 487 g/mol. The van der Waals surface area contributed by atoms with E-state index in [9.17, 15) is 9.59 Å². The first-order valence-electron chi connectivity index (χ1n) is 13.4. The molecule has 2 aromatic carbocycles. The van der Waals surface area contributed by atoms with Gasteiger partial charge in [0.15, 0.2) is 0 Å². The van der Waals surface area contributed by atoms with Crippen LogP contribution in [0.15, 0.2) is 54.7 Å². The van der Waals surface area contributed by atoms with Gasteiger partial charge in [0.1, 0.15) is 0 Å². The van der Waals surface area contributed by atoms with Gasteiger partial charge in [-0.15, -0.1) is 0 Å². The summed E-state index contributed by atoms with van der Waals surface area (Å²) in [6.45, 7) is 11.9. The molecule has 5 nitrogen and oxygen atoms in total. The maximum absolute atomic E-state index is 13.7. The Labute approximate surface area is 215 Å². The second-order valence-corrected chi connectivity index (χ2v) is 11.6. The van der Waals surface area contributed by atoms with Crippen LogP contribution in [0, 0.1) is 5.92 Å². The topological polar surface area (TPSA) is 56.4 Å². The van der Waals surface area contributed by atoms with Gasteiger partial charge in [-0.25, -0.2) is 0 Å². The number of amides is 2. The highest BCUT2D eigenvalue weighted by atomic mass is 16.2. The normalized spacial score (nSPS) is 14.2. The van der Waals surface area contributed by atoms with Gasteiger partial charge in [0.2, 0.25) is 11.8 Å². The van der Waals surface area contributed by atoms with Gasteiger partial charge in [-0.1, -0.05) is 69.7 Å². The lowest BCUT2D eigenvalue weighted by Gasteiger charge is -2.35. The lowest BCUT2D eigenvalue weighted by Crippen LogP contribution is -2.49. The lowest BCUT2D eigenvalue weighted by atomic mass is 9.84. The maximum Gasteiger partial charge on any atom is 0.242 e. The molecule has 0 atom stereocenters. The van der Waals surface area contributed by atoms with Crippen molar-refractivity contribution < 1.29 is 9.59 Å². The van der Waals surface area contributed by atoms with Crippen LogP contribution >= 0.6 is 0 Å². The van der Waals surface area contributed by atoms with Crippen LogP contribution in [0.25, 0.3) is 10.9 Å². The molecule has 1 heterocycles. The van der Waals surface area contributed by atoms with Gasteiger partial charge in [0, 0.05) is 42.1 Å². The van der Waals surface area contributed by atoms with E-state index in [1.165, 1.54) is 16.5 Å². The quantitative estimate of drug-likeness (QED) is 0.398. The minimum atomic E-state index is 0.00332. The van der Waals surface area contributed by atoms with Crippen molar-refractivity contribution in [2.75, 3.05) is 13.1 Å². The highest BCUT2D eigenvalue weighted by Crippen LogP contribution is 2.29. The largest absolute Gasteiger partial charge is 0.361 e. The molecule has 5 heteroatoms. The second kappa shape index (κ2) is 10.9. The summed E-state index contributed by atoms with van der Waals surface area (Å²) < 4.78 is 0. The van der Waals surface area contributed by atoms with Crippen LogP contribution in [0.3, 0.4) is 0 Å². The number of hydrogen-bond donors (Lipinski definition) is 1. The van der Waals surface area contributed by atoms with Crippen LogP contribution in [0.4, 0.5) is 0 Å². The first kappa shape index (κ1) is 26.0. The van der Waals surface area contributed by atoms with Crippen molar-refractivity contribution in [2.45, 2.75) is 78.3 Å². The van der Waals surface area contributed by atoms with E-state index < -0.39 is 0 Å². The molecule has 1 fully saturated rings. The number of para-hydroxylation sites is 1. The summed E-state index contributed by atoms with van der Waals surface area (Å²) in [4.78, 5) is 33.8. The molecule has 1 aromatic heterocycles. The van der Waals surface area contributed by atoms with Crippen LogP contribution in [0.2, 0.25) is 0 Å². The maximum atomic E-state index is 13.7. The molecule has 4 rings (SSSR count). The van der Waals surface area contributed by atoms with Crippen molar-refractivity contribution in [3.8, 4) is 0 Å². The van der Waals surface area contributed by atoms with E-state index in [-0.39, 0.29) is 35.7 Å². The van der Waals surface area contributed by atoms with Crippen molar-refractivity contribution in [3.63, 3.8) is 0 Å². The number of carbonyl (C=O) groups is 2. The first-order valence-corrected chi connectivity index (χ1v) is 13.4. The van der Waals surface area contributed by atoms with E-state index in [4.69, 9.17) is 0 Å². The molecule has 1 aliphatic carbocycles. The summed E-state index contributed by atoms with van der Waals surface area (Å²) in [6.07, 6.45) is 5.80. The van der Waals surface area contributed by atoms with Crippen LogP contribution in [-0.2, 0) is 28.0 Å². The zero-order chi connectivity index (χ0) is 25.9. The van der Waals surface area contributed by atoms with Crippen LogP contribution < -0.4 is 0 Å². The number of nitrogens with zero attached hydrogens (tertiary/aromatic N) is 2. The molecule has 0 bridgehead atoms. The summed E-state index contributed by atoms with van der Waals surface area (Å²) in [5, 5.41) is 1.20. The second-order valence-electron chi connectivity index (χ2n) is 11.6. The summed E-state index contributed by atoms with van der Waals surface area (Å²) in [7, 11) is 0. The van der Waals surface area contributed by atoms with Gasteiger partial charge in [-0.2, -0.15) is 0 Å². The number of rotatable bonds is 9. The Kier molecular flexibility index (Phi) is 7.87. The van der Waals surface area contributed by atoms with Gasteiger partial charge in [0.25, 0.3) is 0 Å². The van der Waals surface area contributed by atoms with Crippen molar-refractivity contribution in [2.24, 2.45) is 5.92 Å². The first-order chi connectivity index (χ1) is 17.1. The van der Waals surface area contributed by atoms with Gasteiger partial charge in [-0.05, 0) is 61.3 Å². The Balaban J connectivity index is 1.52. The Bertz CT molecular complexity index is 1180. The highest BCUT2D eigenvalue weighted by Gasteiger charge is 2.32. The van der Waals surface area contributed by atoms with E-state index in [1.54, 1.807) is 4.90 Å². The Morgan fingerprint density at radius 3 is 2.33 bits per heavy atom. The minimum Gasteiger partial charge on any atom is -0.361 e. The summed E-state index contributed by atoms with van der Waals surface area (Å²) in [5.74, 6) is 0.233. The smallest absolute Gasteiger partial charge is 0.242 e. The molecule has 2 amide bonds. The predicted molar refractivity (Wildman–Crippen MR) is 147 cm³/mol. The summed E-state index contributed by atoms with van der Waals surface area (Å²) in [6, 6.07) is 16.9. The molecule has 0 spiro atoms. The lowest BCUT2D eigenvalue weighted by molar-refractivity contribution is -0.146. The molecule has 0 saturated heterocycles. The fraction of sp³-hybridized carbons (Fsp3) is 0.484. The third kappa shape index (κ3) is 6.00. The average Bonchev–Trinajstić information content (AvgIpc) is 3.21. The van der Waals surface area contributed by atoms with E-state index in [1.807, 2.05) is 37.1 Å². The molecule has 0 radical (unpaired) electrons. The molecule has 1 N–H and O–H groups in total. The zero-order valence-electron chi connectivity index (χ0n) is 22.5. The van der Waals surface area contributed by atoms with Crippen LogP contribution in [0.1, 0.15) is 70.6 Å². The molecular formula is C31H41N3O2. The summed E-state index contributed by atoms with van der Waals surface area (Å²) >= 11 is 0. The molecule has 1 aliphatic rings. The van der Waals surface area contributed by atoms with Gasteiger partial charge in [0.05, 0.1) is 6.54 Å². The number of carbonyl (C=O) groups excluding carboxylic acids is 2. The van der Waals surface area contributed by atoms with Crippen LogP contribution in [0.5, 0.6) is 0 Å². The molecule has 0 unspecified atom stereocenters. The predicted octanol–water partition coefficient (Wildman–Crippen LogP) is 6.07. The zero-order valence-corrected chi connectivity index (χ0v) is 22.5. The van der Waals surface area contributed by atoms with Crippen molar-refractivity contribution in [1.29, 1.82) is 0 Å². The van der Waals surface area contributed by atoms with E-state index in [0.29, 0.717) is 13.1 Å². The van der Waals surface area contributed by atoms with Crippen molar-refractivity contribution >= 4 is 22.7 Å². The fourth-order valence-electron chi connectivity index (χ4n) is 4.87. The van der Waals surface area contributed by atoms with Crippen molar-refractivity contribution in [3.05, 3.63) is 71.4 Å². The molecule has 1 saturated carbocycles. The SMILES string of the molecule is CC(C)N(CC(=O)N(CCc1c[nH]c2ccccc12)Cc1ccc(C(C)(C)C)cc1)C(=O)C1CCC1.